The van der Waals surface area contributed by atoms with Crippen molar-refractivity contribution in [2.45, 2.75) is 30.0 Å². The molecule has 0 spiro atoms. The average molecular weight is 567 g/mol. The Kier molecular flexibility index (Phi) is 8.10. The quantitative estimate of drug-likeness (QED) is 0.396. The summed E-state index contributed by atoms with van der Waals surface area (Å²) in [5, 5.41) is 1.71. The molecule has 0 saturated heterocycles. The highest BCUT2D eigenvalue weighted by Gasteiger charge is 2.38. The summed E-state index contributed by atoms with van der Waals surface area (Å²) in [7, 11) is -3.95. The van der Waals surface area contributed by atoms with Gasteiger partial charge in [0.15, 0.2) is 6.61 Å². The Bertz CT molecular complexity index is 1450. The van der Waals surface area contributed by atoms with E-state index in [-0.39, 0.29) is 23.5 Å². The summed E-state index contributed by atoms with van der Waals surface area (Å²) < 4.78 is 72.3. The van der Waals surface area contributed by atoms with Crippen LogP contribution >= 0.6 is 11.6 Å². The molecule has 1 aliphatic heterocycles. The van der Waals surface area contributed by atoms with Crippen molar-refractivity contribution in [3.8, 4) is 0 Å². The number of carbonyl (C=O) groups excluding carboxylic acids is 2. The Morgan fingerprint density at radius 3 is 2.42 bits per heavy atom. The fraction of sp³-hybridized carbons (Fsp3) is 0.231. The van der Waals surface area contributed by atoms with Crippen LogP contribution in [-0.2, 0) is 36.9 Å². The Labute approximate surface area is 222 Å². The fourth-order valence-corrected chi connectivity index (χ4v) is 6.09. The van der Waals surface area contributed by atoms with Gasteiger partial charge in [0.1, 0.15) is 0 Å². The number of carbonyl (C=O) groups is 2. The van der Waals surface area contributed by atoms with Crippen LogP contribution in [0.3, 0.4) is 0 Å². The number of nitrogens with zero attached hydrogens (tertiary/aromatic N) is 1. The highest BCUT2D eigenvalue weighted by Crippen LogP contribution is 2.37. The standard InChI is InChI=1S/C26H22ClF3N2O5S/c27-22-11-10-18(14-21(22)26(28,29)30)31-24(33)16-37-25(34)15-23-20-9-5-4-6-17(20)12-13-32(23)38(35,36)19-7-2-1-3-8-19/h1-11,14,23H,12-13,15-16H2,(H,31,33). The molecule has 7 nitrogen and oxygen atoms in total. The van der Waals surface area contributed by atoms with Crippen LogP contribution < -0.4 is 5.32 Å². The van der Waals surface area contributed by atoms with E-state index in [1.165, 1.54) is 22.5 Å². The number of amides is 1. The molecule has 4 rings (SSSR count). The molecule has 0 aromatic heterocycles. The van der Waals surface area contributed by atoms with Crippen LogP contribution in [0, 0.1) is 0 Å². The van der Waals surface area contributed by atoms with Crippen LogP contribution in [0.15, 0.2) is 77.7 Å². The molecule has 1 amide bonds. The van der Waals surface area contributed by atoms with Crippen molar-refractivity contribution in [1.29, 1.82) is 0 Å². The number of fused-ring (bicyclic) bond motifs is 1. The van der Waals surface area contributed by atoms with Gasteiger partial charge >= 0.3 is 12.1 Å². The van der Waals surface area contributed by atoms with Gasteiger partial charge in [0.2, 0.25) is 10.0 Å². The smallest absolute Gasteiger partial charge is 0.417 e. The number of hydrogen-bond acceptors (Lipinski definition) is 5. The highest BCUT2D eigenvalue weighted by atomic mass is 35.5. The van der Waals surface area contributed by atoms with Gasteiger partial charge in [-0.3, -0.25) is 9.59 Å². The Morgan fingerprint density at radius 1 is 1.03 bits per heavy atom. The number of benzene rings is 3. The van der Waals surface area contributed by atoms with Gasteiger partial charge in [0.05, 0.1) is 27.9 Å². The summed E-state index contributed by atoms with van der Waals surface area (Å²) in [6.45, 7) is -0.632. The number of anilines is 1. The van der Waals surface area contributed by atoms with Crippen LogP contribution in [0.5, 0.6) is 0 Å². The van der Waals surface area contributed by atoms with Crippen molar-refractivity contribution in [3.63, 3.8) is 0 Å². The molecule has 0 fully saturated rings. The maximum absolute atomic E-state index is 13.4. The number of halogens is 4. The van der Waals surface area contributed by atoms with Crippen molar-refractivity contribution in [2.75, 3.05) is 18.5 Å². The number of hydrogen-bond donors (Lipinski definition) is 1. The van der Waals surface area contributed by atoms with E-state index >= 15 is 0 Å². The summed E-state index contributed by atoms with van der Waals surface area (Å²) in [5.41, 5.74) is 0.250. The lowest BCUT2D eigenvalue weighted by atomic mass is 9.92. The minimum Gasteiger partial charge on any atom is -0.456 e. The van der Waals surface area contributed by atoms with Crippen LogP contribution in [0.2, 0.25) is 5.02 Å². The van der Waals surface area contributed by atoms with Gasteiger partial charge in [-0.1, -0.05) is 54.1 Å². The molecule has 0 radical (unpaired) electrons. The number of rotatable bonds is 7. The monoisotopic (exact) mass is 566 g/mol. The molecule has 1 heterocycles. The van der Waals surface area contributed by atoms with Gasteiger partial charge in [-0.15, -0.1) is 0 Å². The first-order valence-electron chi connectivity index (χ1n) is 11.4. The third-order valence-corrected chi connectivity index (χ3v) is 8.24. The molecule has 1 unspecified atom stereocenters. The van der Waals surface area contributed by atoms with E-state index in [1.807, 2.05) is 12.1 Å². The Hall–Kier alpha value is -3.41. The number of alkyl halides is 3. The van der Waals surface area contributed by atoms with Crippen LogP contribution in [0.4, 0.5) is 18.9 Å². The summed E-state index contributed by atoms with van der Waals surface area (Å²) in [6, 6.07) is 17.0. The Morgan fingerprint density at radius 2 is 1.71 bits per heavy atom. The topological polar surface area (TPSA) is 92.8 Å². The molecule has 0 saturated carbocycles. The lowest BCUT2D eigenvalue weighted by Gasteiger charge is -2.36. The first-order valence-corrected chi connectivity index (χ1v) is 13.3. The van der Waals surface area contributed by atoms with Crippen molar-refractivity contribution in [3.05, 3.63) is 94.5 Å². The molecule has 200 valence electrons. The van der Waals surface area contributed by atoms with Crippen molar-refractivity contribution < 1.29 is 35.9 Å². The maximum atomic E-state index is 13.4. The van der Waals surface area contributed by atoms with E-state index in [0.717, 1.165) is 11.6 Å². The molecule has 0 aliphatic carbocycles. The predicted molar refractivity (Wildman–Crippen MR) is 134 cm³/mol. The van der Waals surface area contributed by atoms with Gasteiger partial charge in [-0.25, -0.2) is 8.42 Å². The van der Waals surface area contributed by atoms with E-state index in [0.29, 0.717) is 18.1 Å². The second-order valence-electron chi connectivity index (χ2n) is 8.50. The van der Waals surface area contributed by atoms with Crippen LogP contribution in [-0.4, -0.2) is 37.8 Å². The van der Waals surface area contributed by atoms with Crippen LogP contribution in [0.1, 0.15) is 29.2 Å². The lowest BCUT2D eigenvalue weighted by Crippen LogP contribution is -2.41. The fourth-order valence-electron chi connectivity index (χ4n) is 4.24. The molecule has 1 aliphatic rings. The molecular weight excluding hydrogens is 545 g/mol. The Balaban J connectivity index is 1.46. The first kappa shape index (κ1) is 27.6. The number of sulfonamides is 1. The third kappa shape index (κ3) is 6.17. The van der Waals surface area contributed by atoms with E-state index in [2.05, 4.69) is 5.32 Å². The third-order valence-electron chi connectivity index (χ3n) is 5.99. The van der Waals surface area contributed by atoms with Crippen LogP contribution in [0.25, 0.3) is 0 Å². The summed E-state index contributed by atoms with van der Waals surface area (Å²) >= 11 is 5.58. The lowest BCUT2D eigenvalue weighted by molar-refractivity contribution is -0.148. The van der Waals surface area contributed by atoms with Crippen molar-refractivity contribution in [1.82, 2.24) is 4.31 Å². The normalized spacial score (nSPS) is 15.9. The molecule has 1 atom stereocenters. The number of nitrogens with one attached hydrogen (secondary N) is 1. The number of esters is 1. The van der Waals surface area contributed by atoms with E-state index in [9.17, 15) is 31.2 Å². The zero-order valence-electron chi connectivity index (χ0n) is 19.7. The molecular formula is C26H22ClF3N2O5S. The van der Waals surface area contributed by atoms with Gasteiger partial charge < -0.3 is 10.1 Å². The van der Waals surface area contributed by atoms with Crippen molar-refractivity contribution in [2.24, 2.45) is 0 Å². The first-order chi connectivity index (χ1) is 18.0. The molecule has 0 bridgehead atoms. The van der Waals surface area contributed by atoms with E-state index < -0.39 is 51.3 Å². The zero-order valence-corrected chi connectivity index (χ0v) is 21.3. The second kappa shape index (κ2) is 11.1. The van der Waals surface area contributed by atoms with Crippen molar-refractivity contribution >= 4 is 39.2 Å². The minimum absolute atomic E-state index is 0.0818. The molecule has 3 aromatic carbocycles. The largest absolute Gasteiger partial charge is 0.456 e. The molecule has 1 N–H and O–H groups in total. The average Bonchev–Trinajstić information content (AvgIpc) is 2.88. The van der Waals surface area contributed by atoms with Gasteiger partial charge in [0.25, 0.3) is 5.91 Å². The number of ether oxygens (including phenoxy) is 1. The SMILES string of the molecule is O=C(COC(=O)CC1c2ccccc2CCN1S(=O)(=O)c1ccccc1)Nc1ccc(Cl)c(C(F)(F)F)c1. The molecule has 12 heteroatoms. The van der Waals surface area contributed by atoms with Gasteiger partial charge in [-0.05, 0) is 47.9 Å². The highest BCUT2D eigenvalue weighted by molar-refractivity contribution is 7.89. The van der Waals surface area contributed by atoms with Gasteiger partial charge in [-0.2, -0.15) is 17.5 Å². The minimum atomic E-state index is -4.72. The molecule has 3 aromatic rings. The summed E-state index contributed by atoms with van der Waals surface area (Å²) in [4.78, 5) is 25.1. The predicted octanol–water partition coefficient (Wildman–Crippen LogP) is 5.22. The zero-order chi connectivity index (χ0) is 27.5. The van der Waals surface area contributed by atoms with E-state index in [4.69, 9.17) is 16.3 Å². The van der Waals surface area contributed by atoms with E-state index in [1.54, 1.807) is 30.3 Å². The molecule has 38 heavy (non-hydrogen) atoms. The second-order valence-corrected chi connectivity index (χ2v) is 10.8. The summed E-state index contributed by atoms with van der Waals surface area (Å²) in [5.74, 6) is -1.71. The van der Waals surface area contributed by atoms with Gasteiger partial charge in [0, 0.05) is 12.2 Å². The summed E-state index contributed by atoms with van der Waals surface area (Å²) in [6.07, 6.45) is -4.63. The maximum Gasteiger partial charge on any atom is 0.417 e.